The van der Waals surface area contributed by atoms with Crippen LogP contribution in [0.4, 0.5) is 4.39 Å². The monoisotopic (exact) mass is 313 g/mol. The van der Waals surface area contributed by atoms with E-state index in [1.165, 1.54) is 25.3 Å². The molecule has 0 heterocycles. The highest BCUT2D eigenvalue weighted by Crippen LogP contribution is 2.34. The standard InChI is InChI=1S/C15H21BrFN/c1-2-8-18-13(9-11-6-7-11)10-12-4-3-5-14(17)15(12)16/h3-5,11,13,18H,2,6-10H2,1H3. The predicted octanol–water partition coefficient (Wildman–Crippen LogP) is 4.30. The van der Waals surface area contributed by atoms with E-state index in [1.54, 1.807) is 6.07 Å². The molecule has 1 aliphatic rings. The van der Waals surface area contributed by atoms with Gasteiger partial charge in [-0.1, -0.05) is 31.9 Å². The molecule has 1 aromatic rings. The third-order valence-electron chi connectivity index (χ3n) is 3.50. The van der Waals surface area contributed by atoms with Crippen LogP contribution in [0.25, 0.3) is 0 Å². The minimum absolute atomic E-state index is 0.159. The molecule has 2 rings (SSSR count). The van der Waals surface area contributed by atoms with Crippen molar-refractivity contribution in [3.63, 3.8) is 0 Å². The second kappa shape index (κ2) is 6.67. The predicted molar refractivity (Wildman–Crippen MR) is 77.2 cm³/mol. The van der Waals surface area contributed by atoms with Gasteiger partial charge in [0.2, 0.25) is 0 Å². The molecule has 0 amide bonds. The van der Waals surface area contributed by atoms with Crippen molar-refractivity contribution in [3.05, 3.63) is 34.1 Å². The molecule has 1 unspecified atom stereocenters. The summed E-state index contributed by atoms with van der Waals surface area (Å²) in [5.41, 5.74) is 1.07. The van der Waals surface area contributed by atoms with E-state index in [0.29, 0.717) is 10.5 Å². The van der Waals surface area contributed by atoms with Crippen LogP contribution >= 0.6 is 15.9 Å². The summed E-state index contributed by atoms with van der Waals surface area (Å²) in [6, 6.07) is 5.79. The number of rotatable bonds is 7. The Morgan fingerprint density at radius 1 is 1.44 bits per heavy atom. The van der Waals surface area contributed by atoms with Crippen LogP contribution in [0.2, 0.25) is 0 Å². The lowest BCUT2D eigenvalue weighted by Gasteiger charge is -2.19. The number of nitrogens with one attached hydrogen (secondary N) is 1. The van der Waals surface area contributed by atoms with E-state index in [1.807, 2.05) is 6.07 Å². The van der Waals surface area contributed by atoms with E-state index in [2.05, 4.69) is 28.2 Å². The Hall–Kier alpha value is -0.410. The summed E-state index contributed by atoms with van der Waals surface area (Å²) in [7, 11) is 0. The second-order valence-electron chi connectivity index (χ2n) is 5.25. The van der Waals surface area contributed by atoms with E-state index in [0.717, 1.165) is 30.9 Å². The van der Waals surface area contributed by atoms with Crippen LogP contribution in [-0.2, 0) is 6.42 Å². The van der Waals surface area contributed by atoms with Crippen LogP contribution < -0.4 is 5.32 Å². The Balaban J connectivity index is 1.99. The first-order valence-corrected chi connectivity index (χ1v) is 7.66. The summed E-state index contributed by atoms with van der Waals surface area (Å²) in [5, 5.41) is 3.59. The molecule has 1 nitrogen and oxygen atoms in total. The normalized spacial score (nSPS) is 16.8. The zero-order valence-electron chi connectivity index (χ0n) is 10.9. The fourth-order valence-corrected chi connectivity index (χ4v) is 2.74. The molecule has 1 fully saturated rings. The third kappa shape index (κ3) is 4.06. The van der Waals surface area contributed by atoms with Gasteiger partial charge in [0.1, 0.15) is 5.82 Å². The van der Waals surface area contributed by atoms with E-state index in [9.17, 15) is 4.39 Å². The lowest BCUT2D eigenvalue weighted by atomic mass is 10.0. The van der Waals surface area contributed by atoms with E-state index < -0.39 is 0 Å². The van der Waals surface area contributed by atoms with Crippen molar-refractivity contribution >= 4 is 15.9 Å². The Labute approximate surface area is 117 Å². The topological polar surface area (TPSA) is 12.0 Å². The maximum atomic E-state index is 13.5. The summed E-state index contributed by atoms with van der Waals surface area (Å²) in [5.74, 6) is 0.736. The van der Waals surface area contributed by atoms with Gasteiger partial charge in [0, 0.05) is 6.04 Å². The summed E-state index contributed by atoms with van der Waals surface area (Å²) in [6.07, 6.45) is 6.02. The molecule has 3 heteroatoms. The second-order valence-corrected chi connectivity index (χ2v) is 6.04. The quantitative estimate of drug-likeness (QED) is 0.791. The highest BCUT2D eigenvalue weighted by Gasteiger charge is 2.25. The van der Waals surface area contributed by atoms with Crippen LogP contribution in [-0.4, -0.2) is 12.6 Å². The first-order valence-electron chi connectivity index (χ1n) is 6.87. The van der Waals surface area contributed by atoms with Crippen LogP contribution in [0, 0.1) is 11.7 Å². The lowest BCUT2D eigenvalue weighted by Crippen LogP contribution is -2.32. The van der Waals surface area contributed by atoms with Crippen molar-refractivity contribution < 1.29 is 4.39 Å². The molecule has 0 aromatic heterocycles. The number of hydrogen-bond acceptors (Lipinski definition) is 1. The first kappa shape index (κ1) is 14.0. The van der Waals surface area contributed by atoms with Gasteiger partial charge in [-0.05, 0) is 59.3 Å². The zero-order valence-corrected chi connectivity index (χ0v) is 12.5. The molecule has 1 aromatic carbocycles. The Morgan fingerprint density at radius 2 is 2.22 bits per heavy atom. The molecular weight excluding hydrogens is 293 g/mol. The summed E-state index contributed by atoms with van der Waals surface area (Å²) >= 11 is 3.36. The fraction of sp³-hybridized carbons (Fsp3) is 0.600. The Bertz CT molecular complexity index is 390. The summed E-state index contributed by atoms with van der Waals surface area (Å²) in [4.78, 5) is 0. The number of benzene rings is 1. The van der Waals surface area contributed by atoms with Gasteiger partial charge in [-0.3, -0.25) is 0 Å². The maximum absolute atomic E-state index is 13.5. The van der Waals surface area contributed by atoms with Crippen LogP contribution in [0.3, 0.4) is 0 Å². The van der Waals surface area contributed by atoms with E-state index >= 15 is 0 Å². The average Bonchev–Trinajstić information content (AvgIpc) is 3.16. The highest BCUT2D eigenvalue weighted by molar-refractivity contribution is 9.10. The molecule has 1 aliphatic carbocycles. The van der Waals surface area contributed by atoms with Crippen molar-refractivity contribution in [2.75, 3.05) is 6.54 Å². The van der Waals surface area contributed by atoms with Crippen molar-refractivity contribution in [2.24, 2.45) is 5.92 Å². The van der Waals surface area contributed by atoms with E-state index in [4.69, 9.17) is 0 Å². The smallest absolute Gasteiger partial charge is 0.137 e. The van der Waals surface area contributed by atoms with Gasteiger partial charge in [-0.2, -0.15) is 0 Å². The lowest BCUT2D eigenvalue weighted by molar-refractivity contribution is 0.453. The van der Waals surface area contributed by atoms with Crippen molar-refractivity contribution in [2.45, 2.75) is 45.1 Å². The molecule has 1 atom stereocenters. The highest BCUT2D eigenvalue weighted by atomic mass is 79.9. The summed E-state index contributed by atoms with van der Waals surface area (Å²) in [6.45, 7) is 3.23. The molecular formula is C15H21BrFN. The SMILES string of the molecule is CCCNC(Cc1cccc(F)c1Br)CC1CC1. The van der Waals surface area contributed by atoms with Gasteiger partial charge in [0.25, 0.3) is 0 Å². The van der Waals surface area contributed by atoms with Gasteiger partial charge < -0.3 is 5.32 Å². The average molecular weight is 314 g/mol. The molecule has 0 aliphatic heterocycles. The third-order valence-corrected chi connectivity index (χ3v) is 4.38. The largest absolute Gasteiger partial charge is 0.314 e. The minimum Gasteiger partial charge on any atom is -0.314 e. The number of halogens is 2. The molecule has 18 heavy (non-hydrogen) atoms. The van der Waals surface area contributed by atoms with Crippen LogP contribution in [0.1, 0.15) is 38.2 Å². The molecule has 1 saturated carbocycles. The van der Waals surface area contributed by atoms with Gasteiger partial charge >= 0.3 is 0 Å². The number of hydrogen-bond donors (Lipinski definition) is 1. The van der Waals surface area contributed by atoms with Gasteiger partial charge in [-0.15, -0.1) is 0 Å². The molecule has 100 valence electrons. The minimum atomic E-state index is -0.159. The summed E-state index contributed by atoms with van der Waals surface area (Å²) < 4.78 is 14.1. The van der Waals surface area contributed by atoms with Crippen molar-refractivity contribution in [1.82, 2.24) is 5.32 Å². The molecule has 0 spiro atoms. The van der Waals surface area contributed by atoms with E-state index in [-0.39, 0.29) is 5.82 Å². The van der Waals surface area contributed by atoms with Gasteiger partial charge in [0.05, 0.1) is 4.47 Å². The Kier molecular flexibility index (Phi) is 5.19. The molecule has 0 saturated heterocycles. The van der Waals surface area contributed by atoms with Crippen LogP contribution in [0.15, 0.2) is 22.7 Å². The molecule has 0 bridgehead atoms. The Morgan fingerprint density at radius 3 is 2.89 bits per heavy atom. The van der Waals surface area contributed by atoms with Crippen molar-refractivity contribution in [3.8, 4) is 0 Å². The van der Waals surface area contributed by atoms with Crippen LogP contribution in [0.5, 0.6) is 0 Å². The van der Waals surface area contributed by atoms with Crippen molar-refractivity contribution in [1.29, 1.82) is 0 Å². The molecule has 0 radical (unpaired) electrons. The zero-order chi connectivity index (χ0) is 13.0. The first-order chi connectivity index (χ1) is 8.70. The fourth-order valence-electron chi connectivity index (χ4n) is 2.31. The molecule has 1 N–H and O–H groups in total. The van der Waals surface area contributed by atoms with Gasteiger partial charge in [-0.25, -0.2) is 4.39 Å². The maximum Gasteiger partial charge on any atom is 0.137 e. The van der Waals surface area contributed by atoms with Gasteiger partial charge in [0.15, 0.2) is 0 Å².